The van der Waals surface area contributed by atoms with Gasteiger partial charge in [0.1, 0.15) is 0 Å². The van der Waals surface area contributed by atoms with Crippen LogP contribution in [-0.4, -0.2) is 53.8 Å². The lowest BCUT2D eigenvalue weighted by atomic mass is 9.84. The number of hydrogen-bond acceptors (Lipinski definition) is 4. The monoisotopic (exact) mass is 516 g/mol. The molecule has 192 valence electrons. The first-order chi connectivity index (χ1) is 18.0. The molecule has 0 atom stereocenters. The largest absolute Gasteiger partial charge is 0.395 e. The molecule has 2 aliphatic rings. The van der Waals surface area contributed by atoms with Gasteiger partial charge < -0.3 is 20.0 Å². The Kier molecular flexibility index (Phi) is 7.77. The number of rotatable bonds is 7. The average Bonchev–Trinajstić information content (AvgIpc) is 3.02. The number of carbonyl (C=O) groups is 1. The van der Waals surface area contributed by atoms with Crippen molar-refractivity contribution in [2.45, 2.75) is 31.3 Å². The van der Waals surface area contributed by atoms with Gasteiger partial charge in [-0.25, -0.2) is 0 Å². The molecule has 0 saturated carbocycles. The van der Waals surface area contributed by atoms with Crippen LogP contribution in [0.5, 0.6) is 0 Å². The van der Waals surface area contributed by atoms with Crippen molar-refractivity contribution in [2.24, 2.45) is 0 Å². The molecule has 0 aromatic heterocycles. The minimum Gasteiger partial charge on any atom is -0.395 e. The summed E-state index contributed by atoms with van der Waals surface area (Å²) >= 11 is 6.02. The standard InChI is InChI=1S/C31H33ClN2O3/c32-24-14-12-23(13-15-24)31(37)16-19-33(20-17-31)18-6-5-8-25-26-7-1-2-10-28(26)30(36)34(21-22-35)29-11-4-3-9-27(25)29/h1-4,7-15,35,37H,5-6,16-22H2/b25-8-. The number of β-amino-alcohol motifs (C(OH)–C–C–N with tert-alkyl or cyclic N) is 1. The summed E-state index contributed by atoms with van der Waals surface area (Å²) in [7, 11) is 0. The normalized spacial score (nSPS) is 18.4. The van der Waals surface area contributed by atoms with Crippen molar-refractivity contribution in [3.8, 4) is 0 Å². The maximum absolute atomic E-state index is 13.4. The summed E-state index contributed by atoms with van der Waals surface area (Å²) in [6, 6.07) is 23.2. The highest BCUT2D eigenvalue weighted by Crippen LogP contribution is 2.38. The number of allylic oxidation sites excluding steroid dienone is 1. The van der Waals surface area contributed by atoms with Crippen LogP contribution in [-0.2, 0) is 5.60 Å². The summed E-state index contributed by atoms with van der Waals surface area (Å²) in [5, 5.41) is 21.5. The molecule has 6 heteroatoms. The lowest BCUT2D eigenvalue weighted by molar-refractivity contribution is -0.0259. The first-order valence-electron chi connectivity index (χ1n) is 13.0. The van der Waals surface area contributed by atoms with Crippen molar-refractivity contribution in [1.29, 1.82) is 0 Å². The Morgan fingerprint density at radius 1 is 0.865 bits per heavy atom. The summed E-state index contributed by atoms with van der Waals surface area (Å²) < 4.78 is 0. The van der Waals surface area contributed by atoms with Crippen molar-refractivity contribution >= 4 is 28.8 Å². The van der Waals surface area contributed by atoms with Gasteiger partial charge in [0, 0.05) is 35.8 Å². The molecule has 1 saturated heterocycles. The van der Waals surface area contributed by atoms with Crippen molar-refractivity contribution in [1.82, 2.24) is 4.90 Å². The molecule has 0 spiro atoms. The van der Waals surface area contributed by atoms with Gasteiger partial charge in [-0.1, -0.05) is 66.2 Å². The van der Waals surface area contributed by atoms with Crippen LogP contribution in [0.15, 0.2) is 78.9 Å². The number of unbranched alkanes of at least 4 members (excludes halogenated alkanes) is 1. The third-order valence-electron chi connectivity index (χ3n) is 7.59. The molecule has 0 radical (unpaired) electrons. The van der Waals surface area contributed by atoms with E-state index in [9.17, 15) is 15.0 Å². The number of para-hydroxylation sites is 1. The number of amides is 1. The molecule has 0 aliphatic carbocycles. The molecule has 3 aromatic carbocycles. The highest BCUT2D eigenvalue weighted by Gasteiger charge is 2.34. The topological polar surface area (TPSA) is 64.0 Å². The van der Waals surface area contributed by atoms with Crippen LogP contribution in [0.1, 0.15) is 52.7 Å². The Morgan fingerprint density at radius 3 is 2.22 bits per heavy atom. The van der Waals surface area contributed by atoms with Gasteiger partial charge in [-0.2, -0.15) is 0 Å². The molecule has 1 fully saturated rings. The zero-order valence-corrected chi connectivity index (χ0v) is 21.7. The molecule has 0 unspecified atom stereocenters. The van der Waals surface area contributed by atoms with Gasteiger partial charge >= 0.3 is 0 Å². The number of fused-ring (bicyclic) bond motifs is 2. The summed E-state index contributed by atoms with van der Waals surface area (Å²) in [5.41, 5.74) is 4.67. The van der Waals surface area contributed by atoms with Crippen LogP contribution in [0, 0.1) is 0 Å². The number of likely N-dealkylation sites (tertiary alicyclic amines) is 1. The molecule has 5 rings (SSSR count). The predicted octanol–water partition coefficient (Wildman–Crippen LogP) is 5.49. The van der Waals surface area contributed by atoms with E-state index in [1.807, 2.05) is 66.7 Å². The average molecular weight is 517 g/mol. The van der Waals surface area contributed by atoms with E-state index in [-0.39, 0.29) is 19.1 Å². The van der Waals surface area contributed by atoms with Crippen molar-refractivity contribution < 1.29 is 15.0 Å². The van der Waals surface area contributed by atoms with Gasteiger partial charge in [-0.3, -0.25) is 4.79 Å². The first kappa shape index (κ1) is 25.7. The predicted molar refractivity (Wildman–Crippen MR) is 149 cm³/mol. The molecule has 5 nitrogen and oxygen atoms in total. The highest BCUT2D eigenvalue weighted by molar-refractivity contribution is 6.30. The third kappa shape index (κ3) is 5.36. The molecule has 3 aromatic rings. The van der Waals surface area contributed by atoms with Crippen LogP contribution >= 0.6 is 11.6 Å². The summed E-state index contributed by atoms with van der Waals surface area (Å²) in [5.74, 6) is -0.0815. The number of benzene rings is 3. The molecule has 37 heavy (non-hydrogen) atoms. The fourth-order valence-electron chi connectivity index (χ4n) is 5.54. The Hall–Kier alpha value is -2.96. The Labute approximate surface area is 223 Å². The molecule has 1 amide bonds. The maximum atomic E-state index is 13.4. The molecule has 2 aliphatic heterocycles. The fraction of sp³-hybridized carbons (Fsp3) is 0.323. The van der Waals surface area contributed by atoms with Crippen molar-refractivity contribution in [3.05, 3.63) is 106 Å². The van der Waals surface area contributed by atoms with Gasteiger partial charge in [0.2, 0.25) is 0 Å². The SMILES string of the molecule is O=C1c2ccccc2/C(=C/CCCN2CCC(O)(c3ccc(Cl)cc3)CC2)c2ccccc2N1CCO. The summed E-state index contributed by atoms with van der Waals surface area (Å²) in [6.07, 6.45) is 5.53. The number of aliphatic hydroxyl groups is 2. The van der Waals surface area contributed by atoms with E-state index in [2.05, 4.69) is 17.0 Å². The second-order valence-corrected chi connectivity index (χ2v) is 10.3. The van der Waals surface area contributed by atoms with E-state index >= 15 is 0 Å². The number of halogens is 1. The van der Waals surface area contributed by atoms with Crippen molar-refractivity contribution in [2.75, 3.05) is 37.7 Å². The van der Waals surface area contributed by atoms with Gasteiger partial charge in [-0.15, -0.1) is 0 Å². The second-order valence-electron chi connectivity index (χ2n) is 9.88. The first-order valence-corrected chi connectivity index (χ1v) is 13.4. The van der Waals surface area contributed by atoms with Crippen LogP contribution in [0.25, 0.3) is 5.57 Å². The number of carbonyl (C=O) groups excluding carboxylic acids is 1. The zero-order valence-electron chi connectivity index (χ0n) is 20.9. The smallest absolute Gasteiger partial charge is 0.258 e. The molecule has 0 bridgehead atoms. The van der Waals surface area contributed by atoms with E-state index in [4.69, 9.17) is 11.6 Å². The van der Waals surface area contributed by atoms with Gasteiger partial charge in [0.05, 0.1) is 17.9 Å². The number of aliphatic hydroxyl groups excluding tert-OH is 1. The number of nitrogens with zero attached hydrogens (tertiary/aromatic N) is 2. The maximum Gasteiger partial charge on any atom is 0.258 e. The van der Waals surface area contributed by atoms with Crippen LogP contribution in [0.4, 0.5) is 5.69 Å². The van der Waals surface area contributed by atoms with E-state index in [1.54, 1.807) is 4.90 Å². The van der Waals surface area contributed by atoms with Gasteiger partial charge in [0.25, 0.3) is 5.91 Å². The molecule has 2 heterocycles. The van der Waals surface area contributed by atoms with E-state index in [1.165, 1.54) is 0 Å². The van der Waals surface area contributed by atoms with Gasteiger partial charge in [0.15, 0.2) is 0 Å². The summed E-state index contributed by atoms with van der Waals surface area (Å²) in [4.78, 5) is 17.5. The number of anilines is 1. The van der Waals surface area contributed by atoms with E-state index < -0.39 is 5.60 Å². The van der Waals surface area contributed by atoms with Crippen LogP contribution in [0.3, 0.4) is 0 Å². The molecular formula is C31H33ClN2O3. The quantitative estimate of drug-likeness (QED) is 0.408. The van der Waals surface area contributed by atoms with Crippen molar-refractivity contribution in [3.63, 3.8) is 0 Å². The highest BCUT2D eigenvalue weighted by atomic mass is 35.5. The van der Waals surface area contributed by atoms with Gasteiger partial charge in [-0.05, 0) is 73.2 Å². The second kappa shape index (κ2) is 11.2. The van der Waals surface area contributed by atoms with E-state index in [0.717, 1.165) is 60.4 Å². The lowest BCUT2D eigenvalue weighted by Crippen LogP contribution is -2.42. The third-order valence-corrected chi connectivity index (χ3v) is 7.85. The number of hydrogen-bond donors (Lipinski definition) is 2. The fourth-order valence-corrected chi connectivity index (χ4v) is 5.67. The van der Waals surface area contributed by atoms with E-state index in [0.29, 0.717) is 23.4 Å². The lowest BCUT2D eigenvalue weighted by Gasteiger charge is -2.38. The Bertz CT molecular complexity index is 1280. The molecule has 2 N–H and O–H groups in total. The summed E-state index contributed by atoms with van der Waals surface area (Å²) in [6.45, 7) is 2.83. The zero-order chi connectivity index (χ0) is 25.8. The number of piperidine rings is 1. The Balaban J connectivity index is 1.29. The van der Waals surface area contributed by atoms with Crippen LogP contribution < -0.4 is 4.90 Å². The van der Waals surface area contributed by atoms with Crippen LogP contribution in [0.2, 0.25) is 5.02 Å². The Morgan fingerprint density at radius 2 is 1.51 bits per heavy atom. The molecular weight excluding hydrogens is 484 g/mol. The minimum absolute atomic E-state index is 0.0815. The minimum atomic E-state index is -0.788.